The predicted molar refractivity (Wildman–Crippen MR) is 100 cm³/mol. The van der Waals surface area contributed by atoms with Crippen LogP contribution in [0.15, 0.2) is 5.38 Å². The zero-order valence-corrected chi connectivity index (χ0v) is 16.5. The number of hydrogen-bond donors (Lipinski definition) is 1. The molecule has 2 aliphatic heterocycles. The summed E-state index contributed by atoms with van der Waals surface area (Å²) in [5.41, 5.74) is 1.34. The molecular weight excluding hydrogens is 364 g/mol. The molecule has 1 amide bonds. The maximum atomic E-state index is 12.9. The first-order valence-corrected chi connectivity index (χ1v) is 11.0. The summed E-state index contributed by atoms with van der Waals surface area (Å²) in [6.07, 6.45) is 6.66. The van der Waals surface area contributed by atoms with Crippen LogP contribution in [0.4, 0.5) is 0 Å². The van der Waals surface area contributed by atoms with Crippen molar-refractivity contribution in [3.63, 3.8) is 0 Å². The summed E-state index contributed by atoms with van der Waals surface area (Å²) in [4.78, 5) is 17.2. The molecule has 2 aliphatic carbocycles. The van der Waals surface area contributed by atoms with E-state index in [4.69, 9.17) is 4.74 Å². The molecule has 3 heterocycles. The molecular formula is C19H28N4O3S. The lowest BCUT2D eigenvalue weighted by Crippen LogP contribution is -2.63. The third-order valence-corrected chi connectivity index (χ3v) is 7.62. The van der Waals surface area contributed by atoms with Gasteiger partial charge in [0, 0.05) is 37.1 Å². The molecule has 27 heavy (non-hydrogen) atoms. The summed E-state index contributed by atoms with van der Waals surface area (Å²) in [7, 11) is 0. The van der Waals surface area contributed by atoms with Crippen LogP contribution in [-0.4, -0.2) is 74.4 Å². The number of ether oxygens (including phenoxy) is 1. The Balaban J connectivity index is 1.22. The van der Waals surface area contributed by atoms with Gasteiger partial charge in [0.1, 0.15) is 0 Å². The normalized spacial score (nSPS) is 31.8. The van der Waals surface area contributed by atoms with Gasteiger partial charge in [-0.1, -0.05) is 4.49 Å². The van der Waals surface area contributed by atoms with Crippen molar-refractivity contribution in [1.29, 1.82) is 0 Å². The summed E-state index contributed by atoms with van der Waals surface area (Å²) >= 11 is 1.39. The van der Waals surface area contributed by atoms with Crippen molar-refractivity contribution in [2.45, 2.75) is 69.2 Å². The molecule has 1 aromatic rings. The standard InChI is InChI=1S/C19H28N4O3S/c24-15-7-18(4-5-18)12-22(9-15)17(25)6-16-10-23(8-14-11-27-21-20-14)19(13-26-16)2-1-3-19/h11,15-16,24H,1-10,12-13H2. The molecule has 1 aromatic heterocycles. The number of rotatable bonds is 4. The lowest BCUT2D eigenvalue weighted by Gasteiger charge is -2.54. The van der Waals surface area contributed by atoms with E-state index in [-0.39, 0.29) is 29.1 Å². The fraction of sp³-hybridized carbons (Fsp3) is 0.842. The molecule has 2 atom stereocenters. The Bertz CT molecular complexity index is 689. The van der Waals surface area contributed by atoms with Crippen LogP contribution >= 0.6 is 11.5 Å². The minimum Gasteiger partial charge on any atom is -0.391 e. The van der Waals surface area contributed by atoms with E-state index < -0.39 is 0 Å². The fourth-order valence-corrected chi connectivity index (χ4v) is 5.55. The number of aliphatic hydroxyl groups excluding tert-OH is 1. The number of β-amino-alcohol motifs (C(OH)–C–C–N with tert-alkyl or cyclic N) is 1. The number of carbonyl (C=O) groups is 1. The smallest absolute Gasteiger partial charge is 0.225 e. The molecule has 1 N–H and O–H groups in total. The van der Waals surface area contributed by atoms with Gasteiger partial charge in [0.05, 0.1) is 30.9 Å². The SMILES string of the molecule is O=C(CC1CN(Cc2csnn2)C2(CCC2)CO1)N1CC(O)CC2(CC2)C1. The lowest BCUT2D eigenvalue weighted by atomic mass is 9.74. The van der Waals surface area contributed by atoms with Crippen LogP contribution in [0.5, 0.6) is 0 Å². The first kappa shape index (κ1) is 18.0. The van der Waals surface area contributed by atoms with Gasteiger partial charge in [-0.05, 0) is 55.5 Å². The van der Waals surface area contributed by atoms with E-state index in [9.17, 15) is 9.90 Å². The number of morpholine rings is 1. The quantitative estimate of drug-likeness (QED) is 0.835. The molecule has 2 saturated heterocycles. The molecule has 4 fully saturated rings. The maximum absolute atomic E-state index is 12.9. The van der Waals surface area contributed by atoms with Gasteiger partial charge in [0.25, 0.3) is 0 Å². The zero-order chi connectivity index (χ0) is 18.5. The van der Waals surface area contributed by atoms with Crippen LogP contribution in [0.2, 0.25) is 0 Å². The number of amides is 1. The second-order valence-corrected chi connectivity index (χ2v) is 9.73. The maximum Gasteiger partial charge on any atom is 0.225 e. The summed E-state index contributed by atoms with van der Waals surface area (Å²) in [6.45, 7) is 3.55. The minimum absolute atomic E-state index is 0.0791. The van der Waals surface area contributed by atoms with E-state index in [0.717, 1.165) is 57.4 Å². The van der Waals surface area contributed by atoms with Gasteiger partial charge in [-0.2, -0.15) is 0 Å². The van der Waals surface area contributed by atoms with Gasteiger partial charge >= 0.3 is 0 Å². The third-order valence-electron chi connectivity index (χ3n) is 7.06. The molecule has 7 nitrogen and oxygen atoms in total. The Morgan fingerprint density at radius 2 is 2.19 bits per heavy atom. The Morgan fingerprint density at radius 1 is 1.33 bits per heavy atom. The summed E-state index contributed by atoms with van der Waals surface area (Å²) < 4.78 is 10.1. The van der Waals surface area contributed by atoms with Gasteiger partial charge in [-0.25, -0.2) is 0 Å². The Labute approximate surface area is 163 Å². The van der Waals surface area contributed by atoms with Gasteiger partial charge < -0.3 is 14.7 Å². The molecule has 5 rings (SSSR count). The van der Waals surface area contributed by atoms with Crippen molar-refractivity contribution >= 4 is 17.4 Å². The first-order valence-electron chi connectivity index (χ1n) is 10.1. The highest BCUT2D eigenvalue weighted by Gasteiger charge is 2.50. The number of likely N-dealkylation sites (tertiary alicyclic amines) is 1. The molecule has 2 unspecified atom stereocenters. The number of carbonyl (C=O) groups excluding carboxylic acids is 1. The van der Waals surface area contributed by atoms with Gasteiger partial charge in [0.2, 0.25) is 5.91 Å². The minimum atomic E-state index is -0.371. The second-order valence-electron chi connectivity index (χ2n) is 9.12. The highest BCUT2D eigenvalue weighted by Crippen LogP contribution is 2.52. The van der Waals surface area contributed by atoms with Crippen LogP contribution in [0.3, 0.4) is 0 Å². The first-order chi connectivity index (χ1) is 13.1. The summed E-state index contributed by atoms with van der Waals surface area (Å²) in [5.74, 6) is 0.129. The van der Waals surface area contributed by atoms with Crippen molar-refractivity contribution in [2.24, 2.45) is 5.41 Å². The number of hydrogen-bond acceptors (Lipinski definition) is 7. The van der Waals surface area contributed by atoms with E-state index in [1.165, 1.54) is 18.0 Å². The topological polar surface area (TPSA) is 78.8 Å². The number of piperidine rings is 1. The highest BCUT2D eigenvalue weighted by molar-refractivity contribution is 7.03. The summed E-state index contributed by atoms with van der Waals surface area (Å²) in [6, 6.07) is 0. The molecule has 4 aliphatic rings. The Hall–Kier alpha value is -1.09. The molecule has 8 heteroatoms. The number of nitrogens with zero attached hydrogens (tertiary/aromatic N) is 4. The predicted octanol–water partition coefficient (Wildman–Crippen LogP) is 1.43. The monoisotopic (exact) mass is 392 g/mol. The van der Waals surface area contributed by atoms with Crippen molar-refractivity contribution in [3.8, 4) is 0 Å². The molecule has 148 valence electrons. The van der Waals surface area contributed by atoms with E-state index in [1.807, 2.05) is 10.3 Å². The zero-order valence-electron chi connectivity index (χ0n) is 15.7. The van der Waals surface area contributed by atoms with Crippen molar-refractivity contribution < 1.29 is 14.6 Å². The fourth-order valence-electron chi connectivity index (χ4n) is 5.11. The van der Waals surface area contributed by atoms with Crippen LogP contribution in [-0.2, 0) is 16.1 Å². The Morgan fingerprint density at radius 3 is 2.85 bits per heavy atom. The van der Waals surface area contributed by atoms with Crippen LogP contribution < -0.4 is 0 Å². The van der Waals surface area contributed by atoms with E-state index in [0.29, 0.717) is 19.6 Å². The average Bonchev–Trinajstić information content (AvgIpc) is 3.13. The van der Waals surface area contributed by atoms with Crippen LogP contribution in [0, 0.1) is 5.41 Å². The molecule has 0 bridgehead atoms. The number of aliphatic hydroxyl groups is 1. The van der Waals surface area contributed by atoms with Crippen molar-refractivity contribution in [1.82, 2.24) is 19.4 Å². The lowest BCUT2D eigenvalue weighted by molar-refractivity contribution is -0.160. The Kier molecular flexibility index (Phi) is 4.50. The second kappa shape index (κ2) is 6.76. The molecule has 0 aromatic carbocycles. The van der Waals surface area contributed by atoms with Crippen LogP contribution in [0.1, 0.15) is 50.6 Å². The third kappa shape index (κ3) is 3.52. The van der Waals surface area contributed by atoms with Crippen molar-refractivity contribution in [3.05, 3.63) is 11.1 Å². The van der Waals surface area contributed by atoms with E-state index in [2.05, 4.69) is 14.5 Å². The van der Waals surface area contributed by atoms with E-state index in [1.54, 1.807) is 0 Å². The highest BCUT2D eigenvalue weighted by atomic mass is 32.1. The van der Waals surface area contributed by atoms with Gasteiger partial charge in [-0.3, -0.25) is 9.69 Å². The van der Waals surface area contributed by atoms with Crippen molar-refractivity contribution in [2.75, 3.05) is 26.2 Å². The number of aromatic nitrogens is 2. The van der Waals surface area contributed by atoms with E-state index >= 15 is 0 Å². The van der Waals surface area contributed by atoms with Gasteiger partial charge in [0.15, 0.2) is 0 Å². The average molecular weight is 393 g/mol. The molecule has 2 saturated carbocycles. The summed E-state index contributed by atoms with van der Waals surface area (Å²) in [5, 5.41) is 16.4. The van der Waals surface area contributed by atoms with Crippen LogP contribution in [0.25, 0.3) is 0 Å². The van der Waals surface area contributed by atoms with Gasteiger partial charge in [-0.15, -0.1) is 5.10 Å². The molecule has 0 radical (unpaired) electrons. The molecule has 2 spiro atoms. The largest absolute Gasteiger partial charge is 0.391 e.